The molecule has 5 rings (SSSR count). The van der Waals surface area contributed by atoms with Gasteiger partial charge in [0.2, 0.25) is 5.88 Å². The molecule has 1 fully saturated rings. The maximum absolute atomic E-state index is 13.9. The highest BCUT2D eigenvalue weighted by atomic mass is 35.5. The molecule has 4 aromatic rings. The number of amides is 1. The molecule has 2 atom stereocenters. The van der Waals surface area contributed by atoms with Crippen LogP contribution in [0.2, 0.25) is 5.02 Å². The van der Waals surface area contributed by atoms with E-state index in [1.165, 1.54) is 18.2 Å². The van der Waals surface area contributed by atoms with Crippen LogP contribution in [0.25, 0.3) is 16.6 Å². The normalized spacial score (nSPS) is 17.3. The van der Waals surface area contributed by atoms with Crippen LogP contribution in [-0.4, -0.2) is 51.3 Å². The highest BCUT2D eigenvalue weighted by molar-refractivity contribution is 6.33. The van der Waals surface area contributed by atoms with Gasteiger partial charge < -0.3 is 25.8 Å². The van der Waals surface area contributed by atoms with Crippen LogP contribution in [0.1, 0.15) is 45.6 Å². The minimum atomic E-state index is -0.578. The predicted octanol–water partition coefficient (Wildman–Crippen LogP) is 6.09. The molecule has 0 unspecified atom stereocenters. The van der Waals surface area contributed by atoms with Gasteiger partial charge in [-0.15, -0.1) is 0 Å². The van der Waals surface area contributed by atoms with Gasteiger partial charge in [0.15, 0.2) is 0 Å². The lowest BCUT2D eigenvalue weighted by atomic mass is 10.1. The van der Waals surface area contributed by atoms with E-state index in [0.29, 0.717) is 23.6 Å². The molecule has 0 bridgehead atoms. The van der Waals surface area contributed by atoms with Crippen molar-refractivity contribution in [2.75, 3.05) is 12.4 Å². The Morgan fingerprint density at radius 2 is 1.93 bits per heavy atom. The molecule has 0 saturated heterocycles. The second-order valence-corrected chi connectivity index (χ2v) is 11.6. The fourth-order valence-electron chi connectivity index (χ4n) is 4.92. The summed E-state index contributed by atoms with van der Waals surface area (Å²) in [6.45, 7) is 5.50. The smallest absolute Gasteiger partial charge is 0.407 e. The van der Waals surface area contributed by atoms with Crippen molar-refractivity contribution in [3.63, 3.8) is 0 Å². The molecule has 1 aliphatic carbocycles. The third-order valence-corrected chi connectivity index (χ3v) is 7.16. The fourth-order valence-corrected chi connectivity index (χ4v) is 5.08. The number of anilines is 1. The number of nitrogens with zero attached hydrogens (tertiary/aromatic N) is 4. The summed E-state index contributed by atoms with van der Waals surface area (Å²) in [7, 11) is 1.57. The van der Waals surface area contributed by atoms with Crippen LogP contribution in [0, 0.1) is 5.82 Å². The van der Waals surface area contributed by atoms with Crippen molar-refractivity contribution in [1.29, 1.82) is 0 Å². The Morgan fingerprint density at radius 3 is 2.64 bits per heavy atom. The zero-order valence-corrected chi connectivity index (χ0v) is 24.6. The predicted molar refractivity (Wildman–Crippen MR) is 161 cm³/mol. The Kier molecular flexibility index (Phi) is 8.22. The van der Waals surface area contributed by atoms with E-state index >= 15 is 0 Å². The molecule has 10 nitrogen and oxygen atoms in total. The van der Waals surface area contributed by atoms with Gasteiger partial charge in [-0.3, -0.25) is 0 Å². The molecule has 0 spiro atoms. The number of nitrogens with two attached hydrogens (primary N) is 1. The third-order valence-electron chi connectivity index (χ3n) is 6.84. The average molecular weight is 594 g/mol. The maximum Gasteiger partial charge on any atom is 0.407 e. The number of aliphatic imine (C=N–C) groups is 1. The number of pyridine rings is 1. The quantitative estimate of drug-likeness (QED) is 0.175. The Hall–Kier alpha value is -4.38. The number of fused-ring (bicyclic) bond motifs is 1. The van der Waals surface area contributed by atoms with E-state index in [9.17, 15) is 9.18 Å². The van der Waals surface area contributed by atoms with Crippen LogP contribution in [-0.2, 0) is 4.74 Å². The van der Waals surface area contributed by atoms with Crippen molar-refractivity contribution >= 4 is 40.4 Å². The number of carbonyl (C=O) groups is 1. The second kappa shape index (κ2) is 11.8. The lowest BCUT2D eigenvalue weighted by Gasteiger charge is -2.22. The number of carbonyl (C=O) groups excluding carboxylic acids is 1. The summed E-state index contributed by atoms with van der Waals surface area (Å²) >= 11 is 6.27. The van der Waals surface area contributed by atoms with Crippen molar-refractivity contribution in [1.82, 2.24) is 19.9 Å². The zero-order chi connectivity index (χ0) is 30.0. The van der Waals surface area contributed by atoms with Gasteiger partial charge >= 0.3 is 6.09 Å². The summed E-state index contributed by atoms with van der Waals surface area (Å²) in [6, 6.07) is 9.57. The van der Waals surface area contributed by atoms with E-state index < -0.39 is 17.5 Å². The molecule has 1 amide bonds. The lowest BCUT2D eigenvalue weighted by Crippen LogP contribution is -2.38. The van der Waals surface area contributed by atoms with Crippen LogP contribution in [0.15, 0.2) is 60.0 Å². The van der Waals surface area contributed by atoms with E-state index in [1.807, 2.05) is 39.1 Å². The van der Waals surface area contributed by atoms with Gasteiger partial charge in [-0.05, 0) is 64.3 Å². The molecular weight excluding hydrogens is 561 g/mol. The van der Waals surface area contributed by atoms with Crippen molar-refractivity contribution < 1.29 is 18.7 Å². The number of rotatable bonds is 7. The molecule has 4 N–H and O–H groups in total. The minimum Gasteiger partial charge on any atom is -0.481 e. The number of benzene rings is 1. The number of amidine groups is 1. The van der Waals surface area contributed by atoms with Gasteiger partial charge in [0.1, 0.15) is 17.3 Å². The number of alkyl carbamates (subject to hydrolysis) is 1. The summed E-state index contributed by atoms with van der Waals surface area (Å²) in [5, 5.41) is 11.4. The second-order valence-electron chi connectivity index (χ2n) is 11.2. The first kappa shape index (κ1) is 29.1. The Balaban J connectivity index is 1.49. The summed E-state index contributed by atoms with van der Waals surface area (Å²) in [5.74, 6) is 0.160. The molecule has 12 heteroatoms. The number of nitrogens with one attached hydrogen (secondary N) is 2. The van der Waals surface area contributed by atoms with Crippen molar-refractivity contribution in [2.45, 2.75) is 57.7 Å². The largest absolute Gasteiger partial charge is 0.481 e. The molecule has 1 aromatic carbocycles. The average Bonchev–Trinajstić information content (AvgIpc) is 3.57. The highest BCUT2D eigenvalue weighted by Gasteiger charge is 2.29. The third kappa shape index (κ3) is 6.73. The van der Waals surface area contributed by atoms with Gasteiger partial charge in [-0.25, -0.2) is 23.7 Å². The molecule has 3 aromatic heterocycles. The summed E-state index contributed by atoms with van der Waals surface area (Å²) in [6.07, 6.45) is 7.06. The number of aromatic nitrogens is 3. The minimum absolute atomic E-state index is 0.0152. The number of halogens is 2. The van der Waals surface area contributed by atoms with Crippen LogP contribution < -0.4 is 21.1 Å². The van der Waals surface area contributed by atoms with Crippen LogP contribution in [0.3, 0.4) is 0 Å². The monoisotopic (exact) mass is 593 g/mol. The Labute approximate surface area is 248 Å². The maximum atomic E-state index is 13.9. The SMILES string of the molecule is COc1ccc(-c2cc3c(N[C@@H]4CC[C@H](NC(=O)OC(C)(C)C)C4)c(/C(N)=N/c4cc(F)ccc4Cl)cnn3c2)cn1. The van der Waals surface area contributed by atoms with E-state index in [0.717, 1.165) is 29.5 Å². The molecule has 220 valence electrons. The molecule has 1 aliphatic rings. The number of hydrogen-bond acceptors (Lipinski definition) is 7. The number of ether oxygens (including phenoxy) is 2. The first-order valence-corrected chi connectivity index (χ1v) is 13.9. The van der Waals surface area contributed by atoms with Gasteiger partial charge in [-0.1, -0.05) is 11.6 Å². The first-order chi connectivity index (χ1) is 20.0. The molecule has 3 heterocycles. The Bertz CT molecular complexity index is 1630. The van der Waals surface area contributed by atoms with Crippen LogP contribution >= 0.6 is 11.6 Å². The van der Waals surface area contributed by atoms with E-state index in [2.05, 4.69) is 25.7 Å². The van der Waals surface area contributed by atoms with E-state index in [4.69, 9.17) is 26.8 Å². The number of hydrogen-bond donors (Lipinski definition) is 3. The van der Waals surface area contributed by atoms with Crippen LogP contribution in [0.5, 0.6) is 5.88 Å². The standard InChI is InChI=1S/C30H33ClFN7O3/c1-30(2,3)42-29(40)37-21-8-7-20(13-21)36-27-22(28(33)38-24-12-19(32)6-9-23(24)31)15-35-39-16-18(11-25(27)39)17-5-10-26(41-4)34-14-17/h5-6,9-12,14-16,20-21,36H,7-8,13H2,1-4H3,(H2,33,38)(H,37,40)/t20-,21+/m1/s1. The lowest BCUT2D eigenvalue weighted by molar-refractivity contribution is 0.0505. The highest BCUT2D eigenvalue weighted by Crippen LogP contribution is 2.33. The van der Waals surface area contributed by atoms with Gasteiger partial charge in [0.05, 0.1) is 40.8 Å². The van der Waals surface area contributed by atoms with Crippen LogP contribution in [0.4, 0.5) is 20.6 Å². The summed E-state index contributed by atoms with van der Waals surface area (Å²) in [4.78, 5) is 21.1. The summed E-state index contributed by atoms with van der Waals surface area (Å²) in [5.41, 5.74) is 9.88. The van der Waals surface area contributed by atoms with E-state index in [-0.39, 0.29) is 28.6 Å². The van der Waals surface area contributed by atoms with Crippen molar-refractivity contribution in [3.8, 4) is 17.0 Å². The zero-order valence-electron chi connectivity index (χ0n) is 23.8. The molecular formula is C30H33ClFN7O3. The first-order valence-electron chi connectivity index (χ1n) is 13.6. The number of methoxy groups -OCH3 is 1. The fraction of sp³-hybridized carbons (Fsp3) is 0.333. The molecule has 1 saturated carbocycles. The van der Waals surface area contributed by atoms with E-state index in [1.54, 1.807) is 30.1 Å². The topological polar surface area (TPSA) is 128 Å². The van der Waals surface area contributed by atoms with Crippen molar-refractivity contribution in [2.24, 2.45) is 10.7 Å². The van der Waals surface area contributed by atoms with Crippen molar-refractivity contribution in [3.05, 3.63) is 71.4 Å². The molecule has 0 radical (unpaired) electrons. The molecule has 0 aliphatic heterocycles. The van der Waals surface area contributed by atoms with Gasteiger partial charge in [0.25, 0.3) is 0 Å². The summed E-state index contributed by atoms with van der Waals surface area (Å²) < 4.78 is 26.3. The Morgan fingerprint density at radius 1 is 1.14 bits per heavy atom. The van der Waals surface area contributed by atoms with Gasteiger partial charge in [-0.2, -0.15) is 5.10 Å². The molecule has 42 heavy (non-hydrogen) atoms. The van der Waals surface area contributed by atoms with Gasteiger partial charge in [0, 0.05) is 47.7 Å².